The standard InChI is InChI=1S/C27H32/c1-4-6-12-20-14-10-18-23-24-19-11-15-21(13-7-5-2)26(24)27(3,25(20)23)22-16-8-9-17-22/h4-7,10-15,22-24H,1-2,8-9,16-19H2,3H3. The summed E-state index contributed by atoms with van der Waals surface area (Å²) in [5, 5.41) is 0. The molecule has 0 radical (unpaired) electrons. The van der Waals surface area contributed by atoms with Gasteiger partial charge in [-0.2, -0.15) is 0 Å². The summed E-state index contributed by atoms with van der Waals surface area (Å²) in [5.74, 6) is 2.07. The minimum Gasteiger partial charge on any atom is -0.0991 e. The lowest BCUT2D eigenvalue weighted by Crippen LogP contribution is -2.29. The van der Waals surface area contributed by atoms with Crippen molar-refractivity contribution in [3.05, 3.63) is 96.2 Å². The van der Waals surface area contributed by atoms with Gasteiger partial charge in [-0.3, -0.25) is 0 Å². The van der Waals surface area contributed by atoms with E-state index in [1.165, 1.54) is 49.7 Å². The molecule has 0 N–H and O–H groups in total. The Bertz CT molecular complexity index is 741. The summed E-state index contributed by atoms with van der Waals surface area (Å²) >= 11 is 0. The quantitative estimate of drug-likeness (QED) is 0.449. The summed E-state index contributed by atoms with van der Waals surface area (Å²) in [6.45, 7) is 10.4. The highest BCUT2D eigenvalue weighted by atomic mass is 14.6. The van der Waals surface area contributed by atoms with Crippen LogP contribution in [0.1, 0.15) is 45.4 Å². The van der Waals surface area contributed by atoms with E-state index in [2.05, 4.69) is 68.7 Å². The minimum atomic E-state index is 0.184. The number of hydrogen-bond donors (Lipinski definition) is 0. The Balaban J connectivity index is 1.96. The first-order valence-electron chi connectivity index (χ1n) is 10.6. The van der Waals surface area contributed by atoms with E-state index in [1.807, 2.05) is 12.2 Å². The summed E-state index contributed by atoms with van der Waals surface area (Å²) in [5.41, 5.74) is 6.48. The molecule has 0 heterocycles. The third kappa shape index (κ3) is 2.90. The van der Waals surface area contributed by atoms with Crippen LogP contribution >= 0.6 is 0 Å². The van der Waals surface area contributed by atoms with Gasteiger partial charge in [0.2, 0.25) is 0 Å². The molecule has 0 aromatic rings. The maximum Gasteiger partial charge on any atom is 0.0145 e. The van der Waals surface area contributed by atoms with Crippen molar-refractivity contribution in [2.75, 3.05) is 0 Å². The molecule has 0 aromatic heterocycles. The Morgan fingerprint density at radius 2 is 1.33 bits per heavy atom. The summed E-state index contributed by atoms with van der Waals surface area (Å²) in [6, 6.07) is 0. The van der Waals surface area contributed by atoms with Crippen molar-refractivity contribution in [1.29, 1.82) is 0 Å². The third-order valence-electron chi connectivity index (χ3n) is 7.34. The number of hydrogen-bond acceptors (Lipinski definition) is 0. The van der Waals surface area contributed by atoms with Crippen LogP contribution in [0.4, 0.5) is 0 Å². The summed E-state index contributed by atoms with van der Waals surface area (Å²) in [6.07, 6.45) is 30.0. The highest BCUT2D eigenvalue weighted by molar-refractivity contribution is 5.58. The predicted octanol–water partition coefficient (Wildman–Crippen LogP) is 7.43. The predicted molar refractivity (Wildman–Crippen MR) is 117 cm³/mol. The second-order valence-corrected chi connectivity index (χ2v) is 8.60. The first-order valence-corrected chi connectivity index (χ1v) is 10.6. The van der Waals surface area contributed by atoms with Crippen molar-refractivity contribution in [1.82, 2.24) is 0 Å². The molecule has 0 amide bonds. The van der Waals surface area contributed by atoms with Crippen molar-refractivity contribution in [3.63, 3.8) is 0 Å². The molecule has 2 unspecified atom stereocenters. The van der Waals surface area contributed by atoms with Gasteiger partial charge in [0, 0.05) is 5.41 Å². The van der Waals surface area contributed by atoms with E-state index in [-0.39, 0.29) is 5.41 Å². The monoisotopic (exact) mass is 356 g/mol. The zero-order chi connectivity index (χ0) is 18.9. The summed E-state index contributed by atoms with van der Waals surface area (Å²) in [4.78, 5) is 0. The molecule has 4 aliphatic carbocycles. The molecule has 4 rings (SSSR count). The fraction of sp³-hybridized carbons (Fsp3) is 0.407. The zero-order valence-corrected chi connectivity index (χ0v) is 16.7. The molecule has 0 nitrogen and oxygen atoms in total. The van der Waals surface area contributed by atoms with Crippen molar-refractivity contribution in [2.24, 2.45) is 23.2 Å². The van der Waals surface area contributed by atoms with Crippen molar-refractivity contribution >= 4 is 0 Å². The van der Waals surface area contributed by atoms with E-state index >= 15 is 0 Å². The molecule has 0 heteroatoms. The molecule has 2 fully saturated rings. The molecular weight excluding hydrogens is 324 g/mol. The Hall–Kier alpha value is -2.08. The van der Waals surface area contributed by atoms with Gasteiger partial charge in [-0.15, -0.1) is 0 Å². The molecule has 0 aromatic carbocycles. The molecule has 0 saturated heterocycles. The van der Waals surface area contributed by atoms with Crippen molar-refractivity contribution in [2.45, 2.75) is 45.4 Å². The van der Waals surface area contributed by atoms with Gasteiger partial charge in [-0.1, -0.05) is 93.7 Å². The van der Waals surface area contributed by atoms with Gasteiger partial charge in [-0.05, 0) is 65.7 Å². The van der Waals surface area contributed by atoms with Crippen molar-refractivity contribution in [3.8, 4) is 0 Å². The van der Waals surface area contributed by atoms with Gasteiger partial charge < -0.3 is 0 Å². The van der Waals surface area contributed by atoms with E-state index in [1.54, 1.807) is 11.1 Å². The first kappa shape index (κ1) is 18.3. The van der Waals surface area contributed by atoms with Gasteiger partial charge in [0.25, 0.3) is 0 Å². The highest BCUT2D eigenvalue weighted by Gasteiger charge is 2.55. The number of allylic oxidation sites excluding steroid dienone is 14. The second kappa shape index (κ2) is 7.50. The van der Waals surface area contributed by atoms with Crippen LogP contribution < -0.4 is 0 Å². The van der Waals surface area contributed by atoms with E-state index in [0.717, 1.165) is 5.92 Å². The van der Waals surface area contributed by atoms with Crippen LogP contribution in [-0.4, -0.2) is 0 Å². The SMILES string of the molecule is C=CC=CC1=C2C(CC=C1)C1CC=CC(C=CC=C)=C1C2(C)C1CCCC1. The highest BCUT2D eigenvalue weighted by Crippen LogP contribution is 2.65. The molecule has 0 spiro atoms. The molecule has 140 valence electrons. The minimum absolute atomic E-state index is 0.184. The Morgan fingerprint density at radius 1 is 0.852 bits per heavy atom. The average Bonchev–Trinajstić information content (AvgIpc) is 3.32. The van der Waals surface area contributed by atoms with Gasteiger partial charge in [0.05, 0.1) is 0 Å². The fourth-order valence-electron chi connectivity index (χ4n) is 6.35. The summed E-state index contributed by atoms with van der Waals surface area (Å²) in [7, 11) is 0. The van der Waals surface area contributed by atoms with Crippen LogP contribution in [0.2, 0.25) is 0 Å². The second-order valence-electron chi connectivity index (χ2n) is 8.60. The summed E-state index contributed by atoms with van der Waals surface area (Å²) < 4.78 is 0. The van der Waals surface area contributed by atoms with Crippen LogP contribution in [0.5, 0.6) is 0 Å². The van der Waals surface area contributed by atoms with Crippen molar-refractivity contribution < 1.29 is 0 Å². The topological polar surface area (TPSA) is 0 Å². The Morgan fingerprint density at radius 3 is 1.78 bits per heavy atom. The molecule has 0 bridgehead atoms. The van der Waals surface area contributed by atoms with Gasteiger partial charge in [0.1, 0.15) is 0 Å². The van der Waals surface area contributed by atoms with E-state index in [0.29, 0.717) is 11.8 Å². The molecule has 27 heavy (non-hydrogen) atoms. The zero-order valence-electron chi connectivity index (χ0n) is 16.7. The average molecular weight is 357 g/mol. The van der Waals surface area contributed by atoms with Crippen LogP contribution in [0.3, 0.4) is 0 Å². The lowest BCUT2D eigenvalue weighted by molar-refractivity contribution is 0.297. The van der Waals surface area contributed by atoms with E-state index in [9.17, 15) is 0 Å². The normalized spacial score (nSPS) is 33.4. The molecule has 0 aliphatic heterocycles. The first-order chi connectivity index (χ1) is 13.2. The Labute approximate surface area is 165 Å². The van der Waals surface area contributed by atoms with E-state index < -0.39 is 0 Å². The van der Waals surface area contributed by atoms with Gasteiger partial charge >= 0.3 is 0 Å². The maximum atomic E-state index is 3.89. The van der Waals surface area contributed by atoms with Crippen LogP contribution in [-0.2, 0) is 0 Å². The van der Waals surface area contributed by atoms with Gasteiger partial charge in [0.15, 0.2) is 0 Å². The van der Waals surface area contributed by atoms with Gasteiger partial charge in [-0.25, -0.2) is 0 Å². The number of fused-ring (bicyclic) bond motifs is 3. The number of rotatable bonds is 5. The fourth-order valence-corrected chi connectivity index (χ4v) is 6.35. The maximum absolute atomic E-state index is 3.89. The van der Waals surface area contributed by atoms with Crippen LogP contribution in [0, 0.1) is 23.2 Å². The van der Waals surface area contributed by atoms with Crippen LogP contribution in [0.15, 0.2) is 96.2 Å². The molecule has 2 saturated carbocycles. The molecule has 2 atom stereocenters. The van der Waals surface area contributed by atoms with E-state index in [4.69, 9.17) is 0 Å². The lowest BCUT2D eigenvalue weighted by atomic mass is 9.65. The van der Waals surface area contributed by atoms with Crippen LogP contribution in [0.25, 0.3) is 0 Å². The third-order valence-corrected chi connectivity index (χ3v) is 7.34. The molecular formula is C27H32. The largest absolute Gasteiger partial charge is 0.0991 e. The molecule has 4 aliphatic rings. The Kier molecular flexibility index (Phi) is 5.08. The lowest BCUT2D eigenvalue weighted by Gasteiger charge is -2.39. The smallest absolute Gasteiger partial charge is 0.0145 e.